The maximum absolute atomic E-state index is 4.77. The van der Waals surface area contributed by atoms with Crippen LogP contribution in [0.4, 0.5) is 0 Å². The first-order chi connectivity index (χ1) is 5.95. The number of nitrogens with zero attached hydrogens (tertiary/aromatic N) is 2. The van der Waals surface area contributed by atoms with E-state index in [2.05, 4.69) is 5.01 Å². The molecule has 0 N–H and O–H groups in total. The molecule has 2 nitrogen and oxygen atoms in total. The van der Waals surface area contributed by atoms with Gasteiger partial charge in [-0.3, -0.25) is 0 Å². The van der Waals surface area contributed by atoms with Gasteiger partial charge in [-0.25, -0.2) is 5.01 Å². The first kappa shape index (κ1) is 8.52. The molecular weight excluding hydrogens is 148 g/mol. The fourth-order valence-corrected chi connectivity index (χ4v) is 2.24. The summed E-state index contributed by atoms with van der Waals surface area (Å²) in [5.74, 6) is 0. The van der Waals surface area contributed by atoms with E-state index in [0.29, 0.717) is 6.04 Å². The average Bonchev–Trinajstić information content (AvgIpc) is 2.59. The fourth-order valence-electron chi connectivity index (χ4n) is 2.24. The zero-order chi connectivity index (χ0) is 8.23. The van der Waals surface area contributed by atoms with E-state index < -0.39 is 0 Å². The fraction of sp³-hybridized carbons (Fsp3) is 1.00. The van der Waals surface area contributed by atoms with E-state index in [-0.39, 0.29) is 0 Å². The highest BCUT2D eigenvalue weighted by atomic mass is 15.5. The zero-order valence-corrected chi connectivity index (χ0v) is 7.84. The molecule has 0 unspecified atom stereocenters. The van der Waals surface area contributed by atoms with Gasteiger partial charge in [0.2, 0.25) is 0 Å². The summed E-state index contributed by atoms with van der Waals surface area (Å²) < 4.78 is 0. The van der Waals surface area contributed by atoms with Gasteiger partial charge < -0.3 is 0 Å². The summed E-state index contributed by atoms with van der Waals surface area (Å²) in [4.78, 5) is 0. The van der Waals surface area contributed by atoms with Crippen LogP contribution in [0.5, 0.6) is 0 Å². The van der Waals surface area contributed by atoms with E-state index in [9.17, 15) is 0 Å². The molecule has 69 valence electrons. The van der Waals surface area contributed by atoms with Crippen LogP contribution >= 0.6 is 0 Å². The topological polar surface area (TPSA) is 17.3 Å². The predicted molar refractivity (Wildman–Crippen MR) is 49.8 cm³/mol. The van der Waals surface area contributed by atoms with Gasteiger partial charge in [0.05, 0.1) is 0 Å². The van der Waals surface area contributed by atoms with Crippen molar-refractivity contribution in [3.63, 3.8) is 0 Å². The van der Waals surface area contributed by atoms with Crippen LogP contribution in [0.3, 0.4) is 0 Å². The molecule has 0 amide bonds. The van der Waals surface area contributed by atoms with Crippen LogP contribution in [0.25, 0.3) is 0 Å². The van der Waals surface area contributed by atoms with Crippen molar-refractivity contribution in [1.29, 1.82) is 0 Å². The molecule has 2 aliphatic rings. The molecule has 0 bridgehead atoms. The predicted octanol–water partition coefficient (Wildman–Crippen LogP) is 1.93. The molecule has 1 saturated heterocycles. The van der Waals surface area contributed by atoms with Gasteiger partial charge >= 0.3 is 0 Å². The molecule has 1 radical (unpaired) electrons. The van der Waals surface area contributed by atoms with Crippen molar-refractivity contribution in [3.8, 4) is 0 Å². The van der Waals surface area contributed by atoms with Crippen LogP contribution in [0, 0.1) is 0 Å². The van der Waals surface area contributed by atoms with Gasteiger partial charge in [-0.05, 0) is 25.7 Å². The van der Waals surface area contributed by atoms with Crippen LogP contribution in [0.2, 0.25) is 0 Å². The molecule has 1 aliphatic carbocycles. The molecule has 12 heavy (non-hydrogen) atoms. The molecule has 0 aromatic carbocycles. The number of hydrogen-bond donors (Lipinski definition) is 0. The van der Waals surface area contributed by atoms with Gasteiger partial charge in [-0.1, -0.05) is 19.3 Å². The van der Waals surface area contributed by atoms with E-state index >= 15 is 0 Å². The van der Waals surface area contributed by atoms with Crippen molar-refractivity contribution in [1.82, 2.24) is 10.4 Å². The monoisotopic (exact) mass is 167 g/mol. The molecule has 0 spiro atoms. The lowest BCUT2D eigenvalue weighted by molar-refractivity contribution is 0.163. The van der Waals surface area contributed by atoms with E-state index in [1.54, 1.807) is 0 Å². The Balaban J connectivity index is 1.69. The highest BCUT2D eigenvalue weighted by Gasteiger charge is 2.19. The van der Waals surface area contributed by atoms with Crippen molar-refractivity contribution < 1.29 is 0 Å². The maximum Gasteiger partial charge on any atom is 0.0418 e. The number of rotatable bonds is 2. The standard InChI is InChI=1S/C10H19N2/c1-2-6-10(7-3-1)11-12-8-4-5-9-12/h10H,1-9H2. The highest BCUT2D eigenvalue weighted by Crippen LogP contribution is 2.19. The second kappa shape index (κ2) is 4.24. The van der Waals surface area contributed by atoms with Crippen molar-refractivity contribution in [2.45, 2.75) is 51.0 Å². The smallest absolute Gasteiger partial charge is 0.0418 e. The summed E-state index contributed by atoms with van der Waals surface area (Å²) in [5, 5.41) is 2.30. The van der Waals surface area contributed by atoms with Crippen molar-refractivity contribution >= 4 is 0 Å². The largest absolute Gasteiger partial charge is 0.227 e. The lowest BCUT2D eigenvalue weighted by atomic mass is 9.96. The highest BCUT2D eigenvalue weighted by molar-refractivity contribution is 4.72. The van der Waals surface area contributed by atoms with Gasteiger partial charge in [0, 0.05) is 19.1 Å². The minimum Gasteiger partial charge on any atom is -0.227 e. The van der Waals surface area contributed by atoms with Crippen LogP contribution < -0.4 is 5.43 Å². The Morgan fingerprint density at radius 1 is 0.833 bits per heavy atom. The molecule has 2 fully saturated rings. The average molecular weight is 167 g/mol. The Morgan fingerprint density at radius 3 is 2.17 bits per heavy atom. The quantitative estimate of drug-likeness (QED) is 0.614. The molecule has 2 rings (SSSR count). The second-order valence-electron chi connectivity index (χ2n) is 4.07. The normalized spacial score (nSPS) is 28.0. The SMILES string of the molecule is C1CCC([N]N2CCCC2)CC1. The first-order valence-electron chi connectivity index (χ1n) is 5.41. The van der Waals surface area contributed by atoms with Crippen molar-refractivity contribution in [3.05, 3.63) is 0 Å². The zero-order valence-electron chi connectivity index (χ0n) is 7.84. The maximum atomic E-state index is 4.77. The lowest BCUT2D eigenvalue weighted by Crippen LogP contribution is -2.37. The Kier molecular flexibility index (Phi) is 3.01. The third-order valence-electron chi connectivity index (χ3n) is 2.98. The summed E-state index contributed by atoms with van der Waals surface area (Å²) in [5.41, 5.74) is 4.77. The molecule has 0 atom stereocenters. The minimum absolute atomic E-state index is 0.678. The van der Waals surface area contributed by atoms with E-state index in [1.807, 2.05) is 0 Å². The second-order valence-corrected chi connectivity index (χ2v) is 4.07. The molecule has 0 aromatic rings. The molecule has 1 aliphatic heterocycles. The lowest BCUT2D eigenvalue weighted by Gasteiger charge is -2.25. The van der Waals surface area contributed by atoms with Gasteiger partial charge in [-0.15, -0.1) is 0 Å². The Hall–Kier alpha value is -0.0800. The van der Waals surface area contributed by atoms with E-state index in [1.165, 1.54) is 58.0 Å². The van der Waals surface area contributed by atoms with Crippen LogP contribution in [0.1, 0.15) is 44.9 Å². The summed E-state index contributed by atoms with van der Waals surface area (Å²) in [6, 6.07) is 0.678. The van der Waals surface area contributed by atoms with Crippen LogP contribution in [0.15, 0.2) is 0 Å². The third-order valence-corrected chi connectivity index (χ3v) is 2.98. The summed E-state index contributed by atoms with van der Waals surface area (Å²) in [6.07, 6.45) is 9.65. The van der Waals surface area contributed by atoms with E-state index in [4.69, 9.17) is 5.43 Å². The van der Waals surface area contributed by atoms with Gasteiger partial charge in [0.1, 0.15) is 0 Å². The Labute approximate surface area is 75.3 Å². The summed E-state index contributed by atoms with van der Waals surface area (Å²) in [6.45, 7) is 2.44. The minimum atomic E-state index is 0.678. The molecule has 0 aromatic heterocycles. The van der Waals surface area contributed by atoms with Crippen molar-refractivity contribution in [2.24, 2.45) is 0 Å². The molecule has 1 heterocycles. The molecule has 2 heteroatoms. The van der Waals surface area contributed by atoms with E-state index in [0.717, 1.165) is 0 Å². The van der Waals surface area contributed by atoms with Gasteiger partial charge in [0.15, 0.2) is 0 Å². The third kappa shape index (κ3) is 2.20. The first-order valence-corrected chi connectivity index (χ1v) is 5.41. The van der Waals surface area contributed by atoms with Crippen LogP contribution in [-0.2, 0) is 0 Å². The summed E-state index contributed by atoms with van der Waals surface area (Å²) >= 11 is 0. The van der Waals surface area contributed by atoms with Gasteiger partial charge in [0.25, 0.3) is 0 Å². The number of hydrogen-bond acceptors (Lipinski definition) is 1. The van der Waals surface area contributed by atoms with Crippen LogP contribution in [-0.4, -0.2) is 24.1 Å². The Morgan fingerprint density at radius 2 is 1.50 bits per heavy atom. The molecular formula is C10H19N2. The summed E-state index contributed by atoms with van der Waals surface area (Å²) in [7, 11) is 0. The van der Waals surface area contributed by atoms with Gasteiger partial charge in [-0.2, -0.15) is 5.43 Å². The van der Waals surface area contributed by atoms with Crippen molar-refractivity contribution in [2.75, 3.05) is 13.1 Å². The molecule has 1 saturated carbocycles. The Bertz CT molecular complexity index is 124.